The van der Waals surface area contributed by atoms with Crippen molar-refractivity contribution in [1.82, 2.24) is 0 Å². The van der Waals surface area contributed by atoms with Crippen molar-refractivity contribution in [3.05, 3.63) is 34.9 Å². The Hall–Kier alpha value is -1.77. The van der Waals surface area contributed by atoms with E-state index in [1.54, 1.807) is 6.08 Å². The summed E-state index contributed by atoms with van der Waals surface area (Å²) in [5.41, 5.74) is 3.03. The molecule has 0 fully saturated rings. The molecule has 3 nitrogen and oxygen atoms in total. The molecule has 102 valence electrons. The molecular formula is C16H20O3. The fourth-order valence-corrected chi connectivity index (χ4v) is 2.80. The second-order valence-corrected chi connectivity index (χ2v) is 5.81. The Morgan fingerprint density at radius 2 is 2.00 bits per heavy atom. The molecule has 0 bridgehead atoms. The predicted molar refractivity (Wildman–Crippen MR) is 74.8 cm³/mol. The Bertz CT molecular complexity index is 545. The van der Waals surface area contributed by atoms with Crippen LogP contribution in [0, 0.1) is 13.8 Å². The number of benzene rings is 1. The van der Waals surface area contributed by atoms with Crippen LogP contribution in [0.3, 0.4) is 0 Å². The van der Waals surface area contributed by atoms with Gasteiger partial charge < -0.3 is 9.84 Å². The summed E-state index contributed by atoms with van der Waals surface area (Å²) in [5, 5.41) is 10.4. The number of phenols is 1. The summed E-state index contributed by atoms with van der Waals surface area (Å²) >= 11 is 0. The second-order valence-electron chi connectivity index (χ2n) is 5.81. The van der Waals surface area contributed by atoms with Crippen molar-refractivity contribution >= 4 is 5.97 Å². The zero-order valence-electron chi connectivity index (χ0n) is 12.0. The number of hydrogen-bond donors (Lipinski definition) is 1. The van der Waals surface area contributed by atoms with Gasteiger partial charge in [-0.1, -0.05) is 19.9 Å². The summed E-state index contributed by atoms with van der Waals surface area (Å²) in [5.74, 6) is 0.700. The SMILES string of the molecule is C=CCc1c(O)c(C)c(C)c2c1C(C)(C)CC(=O)O2. The molecule has 1 aliphatic heterocycles. The highest BCUT2D eigenvalue weighted by atomic mass is 16.5. The number of aromatic hydroxyl groups is 1. The Balaban J connectivity index is 2.84. The van der Waals surface area contributed by atoms with Gasteiger partial charge in [0.1, 0.15) is 11.5 Å². The van der Waals surface area contributed by atoms with Crippen LogP contribution < -0.4 is 4.74 Å². The zero-order valence-corrected chi connectivity index (χ0v) is 12.0. The summed E-state index contributed by atoms with van der Waals surface area (Å²) in [4.78, 5) is 11.8. The van der Waals surface area contributed by atoms with E-state index in [1.807, 2.05) is 27.7 Å². The molecule has 0 unspecified atom stereocenters. The number of ether oxygens (including phenoxy) is 1. The van der Waals surface area contributed by atoms with Crippen LogP contribution in [-0.2, 0) is 16.6 Å². The molecule has 1 aliphatic rings. The largest absolute Gasteiger partial charge is 0.507 e. The monoisotopic (exact) mass is 260 g/mol. The molecule has 0 aromatic heterocycles. The molecule has 0 atom stereocenters. The standard InChI is InChI=1S/C16H20O3/c1-6-7-11-13-15(10(3)9(2)14(11)18)19-12(17)8-16(13,4)5/h6,18H,1,7-8H2,2-5H3. The number of phenolic OH excluding ortho intramolecular Hbond substituents is 1. The van der Waals surface area contributed by atoms with Gasteiger partial charge in [-0.05, 0) is 31.4 Å². The number of carbonyl (C=O) groups is 1. The van der Waals surface area contributed by atoms with Crippen molar-refractivity contribution in [2.75, 3.05) is 0 Å². The minimum Gasteiger partial charge on any atom is -0.507 e. The molecule has 19 heavy (non-hydrogen) atoms. The third-order valence-electron chi connectivity index (χ3n) is 3.90. The fraction of sp³-hybridized carbons (Fsp3) is 0.438. The minimum atomic E-state index is -0.334. The number of rotatable bonds is 2. The van der Waals surface area contributed by atoms with E-state index in [0.29, 0.717) is 24.3 Å². The normalized spacial score (nSPS) is 16.7. The summed E-state index contributed by atoms with van der Waals surface area (Å²) in [6, 6.07) is 0. The van der Waals surface area contributed by atoms with Crippen LogP contribution in [0.1, 0.15) is 42.5 Å². The number of esters is 1. The van der Waals surface area contributed by atoms with E-state index in [1.165, 1.54) is 0 Å². The van der Waals surface area contributed by atoms with Gasteiger partial charge in [0.2, 0.25) is 0 Å². The van der Waals surface area contributed by atoms with Crippen LogP contribution in [0.25, 0.3) is 0 Å². The van der Waals surface area contributed by atoms with Crippen molar-refractivity contribution in [2.45, 2.75) is 46.0 Å². The summed E-state index contributed by atoms with van der Waals surface area (Å²) in [7, 11) is 0. The lowest BCUT2D eigenvalue weighted by atomic mass is 9.74. The smallest absolute Gasteiger partial charge is 0.312 e. The Morgan fingerprint density at radius 3 is 2.58 bits per heavy atom. The quantitative estimate of drug-likeness (QED) is 0.504. The lowest BCUT2D eigenvalue weighted by molar-refractivity contribution is -0.137. The lowest BCUT2D eigenvalue weighted by Crippen LogP contribution is -2.32. The number of carbonyl (C=O) groups excluding carboxylic acids is 1. The Labute approximate surface area is 113 Å². The highest BCUT2D eigenvalue weighted by molar-refractivity contribution is 5.80. The zero-order chi connectivity index (χ0) is 14.4. The molecule has 0 radical (unpaired) electrons. The molecule has 1 heterocycles. The summed E-state index contributed by atoms with van der Waals surface area (Å²) in [6.07, 6.45) is 2.65. The first-order chi connectivity index (χ1) is 8.79. The maximum atomic E-state index is 11.8. The Kier molecular flexibility index (Phi) is 3.17. The fourth-order valence-electron chi connectivity index (χ4n) is 2.80. The van der Waals surface area contributed by atoms with E-state index in [4.69, 9.17) is 4.74 Å². The van der Waals surface area contributed by atoms with E-state index in [-0.39, 0.29) is 11.4 Å². The predicted octanol–water partition coefficient (Wildman–Crippen LogP) is 3.32. The van der Waals surface area contributed by atoms with Crippen molar-refractivity contribution in [3.8, 4) is 11.5 Å². The molecule has 0 aliphatic carbocycles. The third kappa shape index (κ3) is 2.03. The number of allylic oxidation sites excluding steroid dienone is 1. The van der Waals surface area contributed by atoms with Crippen molar-refractivity contribution in [2.24, 2.45) is 0 Å². The van der Waals surface area contributed by atoms with Gasteiger partial charge in [0.25, 0.3) is 0 Å². The van der Waals surface area contributed by atoms with Crippen LogP contribution in [0.4, 0.5) is 0 Å². The van der Waals surface area contributed by atoms with E-state index < -0.39 is 0 Å². The van der Waals surface area contributed by atoms with E-state index in [2.05, 4.69) is 6.58 Å². The Morgan fingerprint density at radius 1 is 1.37 bits per heavy atom. The summed E-state index contributed by atoms with van der Waals surface area (Å²) < 4.78 is 5.44. The first kappa shape index (κ1) is 13.7. The van der Waals surface area contributed by atoms with Crippen LogP contribution in [0.2, 0.25) is 0 Å². The van der Waals surface area contributed by atoms with Gasteiger partial charge in [-0.3, -0.25) is 4.79 Å². The van der Waals surface area contributed by atoms with Crippen LogP contribution in [-0.4, -0.2) is 11.1 Å². The first-order valence-corrected chi connectivity index (χ1v) is 6.46. The van der Waals surface area contributed by atoms with Crippen molar-refractivity contribution < 1.29 is 14.6 Å². The van der Waals surface area contributed by atoms with Crippen molar-refractivity contribution in [1.29, 1.82) is 0 Å². The average molecular weight is 260 g/mol. The second kappa shape index (κ2) is 4.41. The maximum absolute atomic E-state index is 11.8. The molecule has 1 N–H and O–H groups in total. The molecule has 3 heteroatoms. The molecular weight excluding hydrogens is 240 g/mol. The van der Waals surface area contributed by atoms with Gasteiger partial charge in [-0.25, -0.2) is 0 Å². The molecule has 0 amide bonds. The lowest BCUT2D eigenvalue weighted by Gasteiger charge is -2.35. The third-order valence-corrected chi connectivity index (χ3v) is 3.90. The molecule has 0 saturated heterocycles. The van der Waals surface area contributed by atoms with Crippen LogP contribution in [0.15, 0.2) is 12.7 Å². The van der Waals surface area contributed by atoms with Gasteiger partial charge in [0.15, 0.2) is 0 Å². The van der Waals surface area contributed by atoms with Gasteiger partial charge in [0, 0.05) is 16.5 Å². The van der Waals surface area contributed by atoms with Crippen molar-refractivity contribution in [3.63, 3.8) is 0 Å². The van der Waals surface area contributed by atoms with E-state index >= 15 is 0 Å². The average Bonchev–Trinajstić information content (AvgIpc) is 2.30. The topological polar surface area (TPSA) is 46.5 Å². The molecule has 1 aromatic rings. The molecule has 0 saturated carbocycles. The van der Waals surface area contributed by atoms with Crippen LogP contribution in [0.5, 0.6) is 11.5 Å². The van der Waals surface area contributed by atoms with Crippen LogP contribution >= 0.6 is 0 Å². The number of hydrogen-bond acceptors (Lipinski definition) is 3. The van der Waals surface area contributed by atoms with Gasteiger partial charge in [-0.2, -0.15) is 0 Å². The highest BCUT2D eigenvalue weighted by Gasteiger charge is 2.38. The summed E-state index contributed by atoms with van der Waals surface area (Å²) in [6.45, 7) is 11.5. The minimum absolute atomic E-state index is 0.213. The van der Waals surface area contributed by atoms with Gasteiger partial charge in [0.05, 0.1) is 6.42 Å². The molecule has 1 aromatic carbocycles. The molecule has 0 spiro atoms. The van der Waals surface area contributed by atoms with Gasteiger partial charge in [-0.15, -0.1) is 6.58 Å². The highest BCUT2D eigenvalue weighted by Crippen LogP contribution is 2.47. The van der Waals surface area contributed by atoms with Gasteiger partial charge >= 0.3 is 5.97 Å². The van der Waals surface area contributed by atoms with E-state index in [0.717, 1.165) is 22.3 Å². The maximum Gasteiger partial charge on any atom is 0.312 e. The first-order valence-electron chi connectivity index (χ1n) is 6.46. The number of fused-ring (bicyclic) bond motifs is 1. The van der Waals surface area contributed by atoms with E-state index in [9.17, 15) is 9.90 Å². The molecule has 2 rings (SSSR count).